The Morgan fingerprint density at radius 1 is 1.63 bits per heavy atom. The average Bonchev–Trinajstić information content (AvgIpc) is 2.46. The number of aryl methyl sites for hydroxylation is 2. The van der Waals surface area contributed by atoms with Crippen molar-refractivity contribution < 1.29 is 4.79 Å². The summed E-state index contributed by atoms with van der Waals surface area (Å²) in [6, 6.07) is 3.50. The Morgan fingerprint density at radius 3 is 3.11 bits per heavy atom. The number of piperazine rings is 1. The van der Waals surface area contributed by atoms with Gasteiger partial charge in [-0.3, -0.25) is 4.79 Å². The Kier molecular flexibility index (Phi) is 4.07. The molecule has 1 saturated heterocycles. The second kappa shape index (κ2) is 5.76. The third-order valence-electron chi connectivity index (χ3n) is 3.21. The van der Waals surface area contributed by atoms with Crippen LogP contribution in [-0.2, 0) is 6.42 Å². The van der Waals surface area contributed by atoms with Crippen molar-refractivity contribution in [3.63, 3.8) is 0 Å². The molecule has 0 aliphatic carbocycles. The van der Waals surface area contributed by atoms with E-state index in [4.69, 9.17) is 5.26 Å². The number of rotatable bonds is 2. The fourth-order valence-electron chi connectivity index (χ4n) is 2.18. The third kappa shape index (κ3) is 2.71. The van der Waals surface area contributed by atoms with Crippen LogP contribution in [0.15, 0.2) is 6.07 Å². The highest BCUT2D eigenvalue weighted by atomic mass is 16.2. The first kappa shape index (κ1) is 13.4. The smallest absolute Gasteiger partial charge is 0.257 e. The van der Waals surface area contributed by atoms with E-state index in [1.54, 1.807) is 11.0 Å². The summed E-state index contributed by atoms with van der Waals surface area (Å²) in [5.41, 5.74) is 1.96. The van der Waals surface area contributed by atoms with Crippen molar-refractivity contribution in [3.05, 3.63) is 23.0 Å². The van der Waals surface area contributed by atoms with E-state index in [1.807, 2.05) is 13.8 Å². The molecule has 1 fully saturated rings. The van der Waals surface area contributed by atoms with Crippen LogP contribution < -0.4 is 5.32 Å². The molecule has 0 radical (unpaired) electrons. The molecule has 2 rings (SSSR count). The van der Waals surface area contributed by atoms with Gasteiger partial charge in [-0.25, -0.2) is 0 Å². The molecule has 100 valence electrons. The van der Waals surface area contributed by atoms with Gasteiger partial charge >= 0.3 is 0 Å². The Hall–Kier alpha value is -2.00. The standard InChI is InChI=1S/C13H17N5O/c1-3-12-11(6-9(2)16-17-12)13(19)18-5-4-15-8-10(18)7-14/h6,10,15H,3-5,8H2,1-2H3. The summed E-state index contributed by atoms with van der Waals surface area (Å²) in [6.07, 6.45) is 0.650. The number of carbonyl (C=O) groups is 1. The number of nitrogens with zero attached hydrogens (tertiary/aromatic N) is 4. The molecular weight excluding hydrogens is 242 g/mol. The Bertz CT molecular complexity index is 522. The lowest BCUT2D eigenvalue weighted by Gasteiger charge is -2.32. The van der Waals surface area contributed by atoms with Crippen molar-refractivity contribution in [1.82, 2.24) is 20.4 Å². The minimum Gasteiger partial charge on any atom is -0.320 e. The maximum atomic E-state index is 12.6. The highest BCUT2D eigenvalue weighted by molar-refractivity contribution is 5.95. The first-order chi connectivity index (χ1) is 9.17. The van der Waals surface area contributed by atoms with E-state index in [9.17, 15) is 4.79 Å². The topological polar surface area (TPSA) is 81.9 Å². The second-order valence-electron chi connectivity index (χ2n) is 4.55. The lowest BCUT2D eigenvalue weighted by molar-refractivity contribution is 0.0685. The Labute approximate surface area is 112 Å². The zero-order valence-electron chi connectivity index (χ0n) is 11.2. The van der Waals surface area contributed by atoms with E-state index < -0.39 is 6.04 Å². The second-order valence-corrected chi connectivity index (χ2v) is 4.55. The molecule has 0 spiro atoms. The molecule has 1 aromatic rings. The van der Waals surface area contributed by atoms with Crippen molar-refractivity contribution >= 4 is 5.91 Å². The fourth-order valence-corrected chi connectivity index (χ4v) is 2.18. The Balaban J connectivity index is 2.33. The van der Waals surface area contributed by atoms with Gasteiger partial charge in [-0.15, -0.1) is 0 Å². The zero-order valence-corrected chi connectivity index (χ0v) is 11.2. The predicted molar refractivity (Wildman–Crippen MR) is 69.5 cm³/mol. The minimum absolute atomic E-state index is 0.122. The molecule has 1 atom stereocenters. The highest BCUT2D eigenvalue weighted by Crippen LogP contribution is 2.14. The summed E-state index contributed by atoms with van der Waals surface area (Å²) < 4.78 is 0. The third-order valence-corrected chi connectivity index (χ3v) is 3.21. The fraction of sp³-hybridized carbons (Fsp3) is 0.538. The molecule has 0 aromatic carbocycles. The van der Waals surface area contributed by atoms with E-state index in [-0.39, 0.29) is 5.91 Å². The molecule has 0 bridgehead atoms. The number of nitriles is 1. The van der Waals surface area contributed by atoms with Crippen LogP contribution in [0.25, 0.3) is 0 Å². The van der Waals surface area contributed by atoms with Gasteiger partial charge in [0.05, 0.1) is 23.0 Å². The summed E-state index contributed by atoms with van der Waals surface area (Å²) in [6.45, 7) is 5.52. The van der Waals surface area contributed by atoms with Gasteiger partial charge in [0.15, 0.2) is 0 Å². The average molecular weight is 259 g/mol. The van der Waals surface area contributed by atoms with Gasteiger partial charge < -0.3 is 10.2 Å². The predicted octanol–water partition coefficient (Wildman–Crippen LogP) is 0.285. The Morgan fingerprint density at radius 2 is 2.42 bits per heavy atom. The van der Waals surface area contributed by atoms with Gasteiger partial charge in [0.2, 0.25) is 0 Å². The lowest BCUT2D eigenvalue weighted by atomic mass is 10.1. The van der Waals surface area contributed by atoms with Crippen LogP contribution in [0, 0.1) is 18.3 Å². The molecule has 19 heavy (non-hydrogen) atoms. The summed E-state index contributed by atoms with van der Waals surface area (Å²) in [7, 11) is 0. The molecular formula is C13H17N5O. The van der Waals surface area contributed by atoms with Crippen molar-refractivity contribution in [2.45, 2.75) is 26.3 Å². The van der Waals surface area contributed by atoms with Gasteiger partial charge in [0.1, 0.15) is 6.04 Å². The molecule has 1 aromatic heterocycles. The van der Waals surface area contributed by atoms with Crippen LogP contribution >= 0.6 is 0 Å². The monoisotopic (exact) mass is 259 g/mol. The van der Waals surface area contributed by atoms with Crippen LogP contribution in [0.5, 0.6) is 0 Å². The van der Waals surface area contributed by atoms with Crippen molar-refractivity contribution in [2.24, 2.45) is 0 Å². The van der Waals surface area contributed by atoms with Crippen LogP contribution in [-0.4, -0.2) is 46.7 Å². The summed E-state index contributed by atoms with van der Waals surface area (Å²) in [5.74, 6) is -0.122. The SMILES string of the molecule is CCc1nnc(C)cc1C(=O)N1CCNCC1C#N. The van der Waals surface area contributed by atoms with E-state index in [2.05, 4.69) is 21.6 Å². The van der Waals surface area contributed by atoms with Gasteiger partial charge in [-0.2, -0.15) is 15.5 Å². The number of carbonyl (C=O) groups excluding carboxylic acids is 1. The molecule has 6 nitrogen and oxygen atoms in total. The van der Waals surface area contributed by atoms with Gasteiger partial charge in [-0.1, -0.05) is 6.92 Å². The molecule has 1 amide bonds. The van der Waals surface area contributed by atoms with Gasteiger partial charge in [0, 0.05) is 19.6 Å². The van der Waals surface area contributed by atoms with Crippen molar-refractivity contribution in [3.8, 4) is 6.07 Å². The van der Waals surface area contributed by atoms with Gasteiger partial charge in [0.25, 0.3) is 5.91 Å². The van der Waals surface area contributed by atoms with Crippen molar-refractivity contribution in [1.29, 1.82) is 5.26 Å². The molecule has 1 aliphatic heterocycles. The maximum absolute atomic E-state index is 12.6. The number of amides is 1. The lowest BCUT2D eigenvalue weighted by Crippen LogP contribution is -2.53. The van der Waals surface area contributed by atoms with E-state index in [0.29, 0.717) is 43.0 Å². The number of hydrogen-bond acceptors (Lipinski definition) is 5. The summed E-state index contributed by atoms with van der Waals surface area (Å²) in [5, 5.41) is 20.3. The van der Waals surface area contributed by atoms with Crippen LogP contribution in [0.1, 0.15) is 28.7 Å². The number of hydrogen-bond donors (Lipinski definition) is 1. The minimum atomic E-state index is -0.417. The van der Waals surface area contributed by atoms with Crippen LogP contribution in [0.3, 0.4) is 0 Å². The summed E-state index contributed by atoms with van der Waals surface area (Å²) >= 11 is 0. The van der Waals surface area contributed by atoms with E-state index >= 15 is 0 Å². The van der Waals surface area contributed by atoms with E-state index in [1.165, 1.54) is 0 Å². The molecule has 6 heteroatoms. The normalized spacial score (nSPS) is 19.0. The first-order valence-electron chi connectivity index (χ1n) is 6.42. The first-order valence-corrected chi connectivity index (χ1v) is 6.42. The highest BCUT2D eigenvalue weighted by Gasteiger charge is 2.28. The van der Waals surface area contributed by atoms with Crippen molar-refractivity contribution in [2.75, 3.05) is 19.6 Å². The zero-order chi connectivity index (χ0) is 13.8. The summed E-state index contributed by atoms with van der Waals surface area (Å²) in [4.78, 5) is 14.2. The molecule has 1 N–H and O–H groups in total. The number of nitrogens with one attached hydrogen (secondary N) is 1. The quantitative estimate of drug-likeness (QED) is 0.825. The maximum Gasteiger partial charge on any atom is 0.257 e. The van der Waals surface area contributed by atoms with Gasteiger partial charge in [-0.05, 0) is 19.4 Å². The molecule has 2 heterocycles. The van der Waals surface area contributed by atoms with E-state index in [0.717, 1.165) is 0 Å². The molecule has 0 saturated carbocycles. The molecule has 1 aliphatic rings. The number of aromatic nitrogens is 2. The van der Waals surface area contributed by atoms with Crippen LogP contribution in [0.2, 0.25) is 0 Å². The molecule has 1 unspecified atom stereocenters. The largest absolute Gasteiger partial charge is 0.320 e. The van der Waals surface area contributed by atoms with Crippen LogP contribution in [0.4, 0.5) is 0 Å².